The van der Waals surface area contributed by atoms with Gasteiger partial charge in [-0.3, -0.25) is 9.69 Å². The van der Waals surface area contributed by atoms with E-state index < -0.39 is 0 Å². The van der Waals surface area contributed by atoms with Crippen molar-refractivity contribution in [3.63, 3.8) is 0 Å². The van der Waals surface area contributed by atoms with E-state index in [-0.39, 0.29) is 17.1 Å². The predicted octanol–water partition coefficient (Wildman–Crippen LogP) is 4.15. The number of carbonyl (C=O) groups is 1. The number of piperidine rings is 1. The van der Waals surface area contributed by atoms with Gasteiger partial charge in [0.25, 0.3) is 0 Å². The number of benzene rings is 2. The van der Waals surface area contributed by atoms with Crippen LogP contribution in [-0.2, 0) is 17.9 Å². The van der Waals surface area contributed by atoms with Gasteiger partial charge in [-0.05, 0) is 49.9 Å². The molecule has 4 rings (SSSR count). The van der Waals surface area contributed by atoms with Gasteiger partial charge in [-0.15, -0.1) is 0 Å². The SMILES string of the molecule is Cc1ccccc1CN1CCC2(CCCN(Cc3ccccc3F)C2=O)C1. The number of amides is 1. The largest absolute Gasteiger partial charge is 0.338 e. The number of hydrogen-bond acceptors (Lipinski definition) is 2. The van der Waals surface area contributed by atoms with Gasteiger partial charge in [0.2, 0.25) is 5.91 Å². The van der Waals surface area contributed by atoms with Gasteiger partial charge >= 0.3 is 0 Å². The van der Waals surface area contributed by atoms with Crippen LogP contribution in [0.25, 0.3) is 0 Å². The van der Waals surface area contributed by atoms with Gasteiger partial charge in [0.1, 0.15) is 5.82 Å². The highest BCUT2D eigenvalue weighted by Crippen LogP contribution is 2.41. The van der Waals surface area contributed by atoms with Crippen molar-refractivity contribution in [2.45, 2.75) is 39.3 Å². The second-order valence-electron chi connectivity index (χ2n) is 8.09. The van der Waals surface area contributed by atoms with Crippen molar-refractivity contribution in [3.8, 4) is 0 Å². The molecule has 3 nitrogen and oxygen atoms in total. The monoisotopic (exact) mass is 366 g/mol. The number of nitrogens with zero attached hydrogens (tertiary/aromatic N) is 2. The third-order valence-electron chi connectivity index (χ3n) is 6.23. The van der Waals surface area contributed by atoms with Crippen LogP contribution in [0.1, 0.15) is 36.0 Å². The Morgan fingerprint density at radius 1 is 0.963 bits per heavy atom. The zero-order chi connectivity index (χ0) is 18.9. The summed E-state index contributed by atoms with van der Waals surface area (Å²) in [7, 11) is 0. The molecular formula is C23H27FN2O. The Balaban J connectivity index is 1.46. The highest BCUT2D eigenvalue weighted by molar-refractivity contribution is 5.84. The summed E-state index contributed by atoms with van der Waals surface area (Å²) in [4.78, 5) is 17.6. The lowest BCUT2D eigenvalue weighted by atomic mass is 9.78. The first-order valence-corrected chi connectivity index (χ1v) is 9.87. The average molecular weight is 366 g/mol. The molecule has 2 saturated heterocycles. The van der Waals surface area contributed by atoms with E-state index in [4.69, 9.17) is 0 Å². The van der Waals surface area contributed by atoms with Crippen LogP contribution < -0.4 is 0 Å². The maximum absolute atomic E-state index is 14.0. The summed E-state index contributed by atoms with van der Waals surface area (Å²) in [6.45, 7) is 5.91. The molecule has 142 valence electrons. The van der Waals surface area contributed by atoms with E-state index in [2.05, 4.69) is 36.1 Å². The smallest absolute Gasteiger partial charge is 0.230 e. The maximum atomic E-state index is 14.0. The van der Waals surface area contributed by atoms with Gasteiger partial charge in [0.15, 0.2) is 0 Å². The van der Waals surface area contributed by atoms with Crippen LogP contribution >= 0.6 is 0 Å². The third-order valence-corrected chi connectivity index (χ3v) is 6.23. The molecule has 27 heavy (non-hydrogen) atoms. The molecule has 0 aliphatic carbocycles. The summed E-state index contributed by atoms with van der Waals surface area (Å²) >= 11 is 0. The molecular weight excluding hydrogens is 339 g/mol. The van der Waals surface area contributed by atoms with E-state index in [1.165, 1.54) is 17.2 Å². The van der Waals surface area contributed by atoms with Gasteiger partial charge in [0, 0.05) is 31.7 Å². The Hall–Kier alpha value is -2.20. The first-order chi connectivity index (χ1) is 13.1. The van der Waals surface area contributed by atoms with Crippen LogP contribution in [0.15, 0.2) is 48.5 Å². The van der Waals surface area contributed by atoms with Crippen molar-refractivity contribution in [2.75, 3.05) is 19.6 Å². The lowest BCUT2D eigenvalue weighted by molar-refractivity contribution is -0.146. The minimum Gasteiger partial charge on any atom is -0.338 e. The molecule has 0 saturated carbocycles. The zero-order valence-electron chi connectivity index (χ0n) is 16.0. The van der Waals surface area contributed by atoms with E-state index in [1.807, 2.05) is 11.0 Å². The molecule has 0 bridgehead atoms. The van der Waals surface area contributed by atoms with Crippen molar-refractivity contribution >= 4 is 5.91 Å². The van der Waals surface area contributed by atoms with Crippen molar-refractivity contribution in [3.05, 3.63) is 71.0 Å². The summed E-state index contributed by atoms with van der Waals surface area (Å²) < 4.78 is 14.0. The Morgan fingerprint density at radius 3 is 2.48 bits per heavy atom. The highest BCUT2D eigenvalue weighted by Gasteiger charge is 2.48. The lowest BCUT2D eigenvalue weighted by Gasteiger charge is -2.39. The Morgan fingerprint density at radius 2 is 1.70 bits per heavy atom. The molecule has 2 aliphatic rings. The first-order valence-electron chi connectivity index (χ1n) is 9.87. The number of rotatable bonds is 4. The van der Waals surface area contributed by atoms with E-state index in [0.29, 0.717) is 12.1 Å². The highest BCUT2D eigenvalue weighted by atomic mass is 19.1. The maximum Gasteiger partial charge on any atom is 0.230 e. The van der Waals surface area contributed by atoms with Gasteiger partial charge in [-0.25, -0.2) is 4.39 Å². The fraction of sp³-hybridized carbons (Fsp3) is 0.435. The van der Waals surface area contributed by atoms with Crippen LogP contribution in [0.2, 0.25) is 0 Å². The molecule has 2 fully saturated rings. The topological polar surface area (TPSA) is 23.6 Å². The summed E-state index contributed by atoms with van der Waals surface area (Å²) in [5.74, 6) is -0.0122. The molecule has 1 spiro atoms. The molecule has 1 atom stereocenters. The van der Waals surface area contributed by atoms with Crippen LogP contribution in [0.4, 0.5) is 4.39 Å². The molecule has 0 aromatic heterocycles. The molecule has 2 heterocycles. The number of hydrogen-bond donors (Lipinski definition) is 0. The predicted molar refractivity (Wildman–Crippen MR) is 105 cm³/mol. The quantitative estimate of drug-likeness (QED) is 0.812. The molecule has 1 amide bonds. The average Bonchev–Trinajstić information content (AvgIpc) is 3.06. The van der Waals surface area contributed by atoms with Gasteiger partial charge in [0.05, 0.1) is 5.41 Å². The molecule has 2 aromatic rings. The van der Waals surface area contributed by atoms with Gasteiger partial charge in [-0.2, -0.15) is 0 Å². The van der Waals surface area contributed by atoms with Crippen molar-refractivity contribution in [2.24, 2.45) is 5.41 Å². The Bertz CT molecular complexity index is 837. The van der Waals surface area contributed by atoms with Crippen molar-refractivity contribution in [1.82, 2.24) is 9.80 Å². The zero-order valence-corrected chi connectivity index (χ0v) is 16.0. The Labute approximate surface area is 160 Å². The summed E-state index contributed by atoms with van der Waals surface area (Å²) in [6, 6.07) is 15.2. The summed E-state index contributed by atoms with van der Waals surface area (Å²) in [5.41, 5.74) is 2.96. The van der Waals surface area contributed by atoms with Crippen LogP contribution in [-0.4, -0.2) is 35.3 Å². The summed E-state index contributed by atoms with van der Waals surface area (Å²) in [6.07, 6.45) is 2.85. The molecule has 0 N–H and O–H groups in total. The van der Waals surface area contributed by atoms with Crippen molar-refractivity contribution in [1.29, 1.82) is 0 Å². The first kappa shape index (κ1) is 18.2. The fourth-order valence-electron chi connectivity index (χ4n) is 4.64. The molecule has 0 radical (unpaired) electrons. The molecule has 2 aromatic carbocycles. The second-order valence-corrected chi connectivity index (χ2v) is 8.09. The third kappa shape index (κ3) is 3.63. The number of aryl methyl sites for hydroxylation is 1. The Kier molecular flexibility index (Phi) is 5.00. The van der Waals surface area contributed by atoms with Crippen LogP contribution in [0.3, 0.4) is 0 Å². The van der Waals surface area contributed by atoms with Gasteiger partial charge < -0.3 is 4.90 Å². The summed E-state index contributed by atoms with van der Waals surface area (Å²) in [5, 5.41) is 0. The van der Waals surface area contributed by atoms with Crippen LogP contribution in [0.5, 0.6) is 0 Å². The molecule has 1 unspecified atom stereocenters. The van der Waals surface area contributed by atoms with Gasteiger partial charge in [-0.1, -0.05) is 42.5 Å². The number of carbonyl (C=O) groups excluding carboxylic acids is 1. The fourth-order valence-corrected chi connectivity index (χ4v) is 4.64. The number of likely N-dealkylation sites (tertiary alicyclic amines) is 2. The lowest BCUT2D eigenvalue weighted by Crippen LogP contribution is -2.49. The van der Waals surface area contributed by atoms with E-state index >= 15 is 0 Å². The molecule has 2 aliphatic heterocycles. The minimum absolute atomic E-state index is 0.212. The van der Waals surface area contributed by atoms with Crippen molar-refractivity contribution < 1.29 is 9.18 Å². The second kappa shape index (κ2) is 7.43. The standard InChI is InChI=1S/C23H27FN2O/c1-18-7-2-3-8-19(18)15-25-14-12-23(17-25)11-6-13-26(22(23)27)16-20-9-4-5-10-21(20)24/h2-5,7-10H,6,11-17H2,1H3. The number of halogens is 1. The van der Waals surface area contributed by atoms with E-state index in [1.54, 1.807) is 12.1 Å². The molecule has 4 heteroatoms. The van der Waals surface area contributed by atoms with Crippen LogP contribution in [0, 0.1) is 18.2 Å². The van der Waals surface area contributed by atoms with E-state index in [9.17, 15) is 9.18 Å². The minimum atomic E-state index is -0.286. The van der Waals surface area contributed by atoms with E-state index in [0.717, 1.165) is 45.4 Å². The normalized spacial score (nSPS) is 23.3.